The van der Waals surface area contributed by atoms with Gasteiger partial charge in [0.25, 0.3) is 10.0 Å². The summed E-state index contributed by atoms with van der Waals surface area (Å²) in [5.74, 6) is 0.826. The number of hydrogen-bond donors (Lipinski definition) is 2. The molecule has 3 rings (SSSR count). The van der Waals surface area contributed by atoms with Crippen molar-refractivity contribution >= 4 is 33.3 Å². The quantitative estimate of drug-likeness (QED) is 0.866. The van der Waals surface area contributed by atoms with Crippen molar-refractivity contribution in [3.05, 3.63) is 23.2 Å². The SMILES string of the molecule is CC(N=C1Nc2ccc(Cl)cc2S(=O)(=O)N1)C1CCCCC1. The highest BCUT2D eigenvalue weighted by atomic mass is 35.5. The van der Waals surface area contributed by atoms with Gasteiger partial charge >= 0.3 is 0 Å². The Bertz CT molecular complexity index is 697. The molecule has 22 heavy (non-hydrogen) atoms. The lowest BCUT2D eigenvalue weighted by Crippen LogP contribution is -2.41. The maximum Gasteiger partial charge on any atom is 0.266 e. The minimum Gasteiger partial charge on any atom is -0.324 e. The van der Waals surface area contributed by atoms with Crippen molar-refractivity contribution in [3.8, 4) is 0 Å². The Morgan fingerprint density at radius 3 is 2.73 bits per heavy atom. The lowest BCUT2D eigenvalue weighted by molar-refractivity contribution is 0.317. The Labute approximate surface area is 136 Å². The number of guanidine groups is 1. The second kappa shape index (κ2) is 6.08. The first-order valence-electron chi connectivity index (χ1n) is 7.63. The van der Waals surface area contributed by atoms with Crippen LogP contribution in [0.1, 0.15) is 39.0 Å². The van der Waals surface area contributed by atoms with Gasteiger partial charge in [0.05, 0.1) is 11.7 Å². The molecule has 5 nitrogen and oxygen atoms in total. The van der Waals surface area contributed by atoms with Crippen LogP contribution >= 0.6 is 11.6 Å². The van der Waals surface area contributed by atoms with Crippen LogP contribution in [0.2, 0.25) is 5.02 Å². The van der Waals surface area contributed by atoms with E-state index in [1.807, 2.05) is 0 Å². The van der Waals surface area contributed by atoms with E-state index in [0.29, 0.717) is 22.6 Å². The molecule has 1 aliphatic carbocycles. The number of halogens is 1. The van der Waals surface area contributed by atoms with Crippen LogP contribution < -0.4 is 10.0 Å². The fourth-order valence-corrected chi connectivity index (χ4v) is 4.54. The van der Waals surface area contributed by atoms with Crippen molar-refractivity contribution in [2.24, 2.45) is 10.9 Å². The summed E-state index contributed by atoms with van der Waals surface area (Å²) in [5.41, 5.74) is 0.512. The fourth-order valence-electron chi connectivity index (χ4n) is 3.14. The molecule has 1 atom stereocenters. The van der Waals surface area contributed by atoms with E-state index >= 15 is 0 Å². The molecular weight excluding hydrogens is 322 g/mol. The highest BCUT2D eigenvalue weighted by Gasteiger charge is 2.28. The van der Waals surface area contributed by atoms with E-state index in [0.717, 1.165) is 12.8 Å². The summed E-state index contributed by atoms with van der Waals surface area (Å²) in [5, 5.41) is 3.44. The number of aliphatic imine (C=N–C) groups is 1. The first-order valence-corrected chi connectivity index (χ1v) is 9.49. The number of hydrogen-bond acceptors (Lipinski definition) is 3. The van der Waals surface area contributed by atoms with Gasteiger partial charge in [-0.05, 0) is 43.9 Å². The summed E-state index contributed by atoms with van der Waals surface area (Å²) < 4.78 is 27.1. The molecule has 1 aliphatic heterocycles. The van der Waals surface area contributed by atoms with Gasteiger partial charge in [0.1, 0.15) is 4.90 Å². The third kappa shape index (κ3) is 3.22. The predicted molar refractivity (Wildman–Crippen MR) is 88.9 cm³/mol. The topological polar surface area (TPSA) is 70.6 Å². The number of rotatable bonds is 2. The van der Waals surface area contributed by atoms with Gasteiger partial charge in [-0.15, -0.1) is 0 Å². The van der Waals surface area contributed by atoms with Crippen LogP contribution in [0.3, 0.4) is 0 Å². The molecule has 1 saturated carbocycles. The molecule has 1 aromatic rings. The number of nitrogens with one attached hydrogen (secondary N) is 2. The van der Waals surface area contributed by atoms with Crippen molar-refractivity contribution in [2.75, 3.05) is 5.32 Å². The van der Waals surface area contributed by atoms with Crippen LogP contribution in [-0.2, 0) is 10.0 Å². The van der Waals surface area contributed by atoms with Gasteiger partial charge in [0.15, 0.2) is 0 Å². The largest absolute Gasteiger partial charge is 0.324 e. The predicted octanol–water partition coefficient (Wildman–Crippen LogP) is 3.37. The maximum atomic E-state index is 12.3. The lowest BCUT2D eigenvalue weighted by atomic mass is 9.85. The third-order valence-corrected chi connectivity index (χ3v) is 6.00. The summed E-state index contributed by atoms with van der Waals surface area (Å²) in [6, 6.07) is 4.86. The number of sulfonamides is 1. The second-order valence-corrected chi connectivity index (χ2v) is 8.07. The summed E-state index contributed by atoms with van der Waals surface area (Å²) in [4.78, 5) is 4.72. The average Bonchev–Trinajstić information content (AvgIpc) is 2.48. The normalized spacial score (nSPS) is 24.2. The van der Waals surface area contributed by atoms with Crippen LogP contribution in [0.25, 0.3) is 0 Å². The molecule has 0 bridgehead atoms. The van der Waals surface area contributed by atoms with Gasteiger partial charge in [-0.1, -0.05) is 30.9 Å². The summed E-state index contributed by atoms with van der Waals surface area (Å²) in [6.45, 7) is 2.05. The molecule has 1 unspecified atom stereocenters. The zero-order valence-corrected chi connectivity index (χ0v) is 14.0. The van der Waals surface area contributed by atoms with Crippen LogP contribution in [0.4, 0.5) is 5.69 Å². The molecule has 7 heteroatoms. The van der Waals surface area contributed by atoms with Crippen LogP contribution in [-0.4, -0.2) is 20.4 Å². The fraction of sp³-hybridized carbons (Fsp3) is 0.533. The molecular formula is C15H20ClN3O2S. The molecule has 1 heterocycles. The summed E-state index contributed by atoms with van der Waals surface area (Å²) in [6.07, 6.45) is 6.09. The Kier molecular flexibility index (Phi) is 4.32. The molecule has 0 amide bonds. The first kappa shape index (κ1) is 15.6. The monoisotopic (exact) mass is 341 g/mol. The zero-order chi connectivity index (χ0) is 15.7. The molecule has 1 aromatic carbocycles. The maximum absolute atomic E-state index is 12.3. The van der Waals surface area contributed by atoms with Gasteiger partial charge in [0.2, 0.25) is 5.96 Å². The first-order chi connectivity index (χ1) is 10.5. The highest BCUT2D eigenvalue weighted by molar-refractivity contribution is 7.90. The Morgan fingerprint density at radius 2 is 2.00 bits per heavy atom. The van der Waals surface area contributed by atoms with E-state index in [1.54, 1.807) is 12.1 Å². The van der Waals surface area contributed by atoms with Gasteiger partial charge in [0, 0.05) is 5.02 Å². The Morgan fingerprint density at radius 1 is 1.27 bits per heavy atom. The Hall–Kier alpha value is -1.27. The molecule has 2 aliphatic rings. The van der Waals surface area contributed by atoms with Crippen LogP contribution in [0.15, 0.2) is 28.1 Å². The number of anilines is 1. The van der Waals surface area contributed by atoms with Gasteiger partial charge in [-0.25, -0.2) is 18.1 Å². The van der Waals surface area contributed by atoms with E-state index in [9.17, 15) is 8.42 Å². The number of nitrogens with zero attached hydrogens (tertiary/aromatic N) is 1. The van der Waals surface area contributed by atoms with Gasteiger partial charge in [-0.3, -0.25) is 0 Å². The average molecular weight is 342 g/mol. The molecule has 0 radical (unpaired) electrons. The minimum atomic E-state index is -3.62. The van der Waals surface area contributed by atoms with Crippen LogP contribution in [0, 0.1) is 5.92 Å². The van der Waals surface area contributed by atoms with Crippen molar-refractivity contribution in [2.45, 2.75) is 50.0 Å². The molecule has 1 fully saturated rings. The third-order valence-electron chi connectivity index (χ3n) is 4.38. The molecule has 0 aromatic heterocycles. The summed E-state index contributed by atoms with van der Waals surface area (Å²) >= 11 is 5.88. The Balaban J connectivity index is 1.85. The molecule has 2 N–H and O–H groups in total. The number of fused-ring (bicyclic) bond motifs is 1. The highest BCUT2D eigenvalue weighted by Crippen LogP contribution is 2.30. The molecule has 0 saturated heterocycles. The van der Waals surface area contributed by atoms with E-state index in [-0.39, 0.29) is 10.9 Å². The van der Waals surface area contributed by atoms with E-state index < -0.39 is 10.0 Å². The van der Waals surface area contributed by atoms with Crippen LogP contribution in [0.5, 0.6) is 0 Å². The lowest BCUT2D eigenvalue weighted by Gasteiger charge is -2.27. The van der Waals surface area contributed by atoms with Crippen molar-refractivity contribution in [1.29, 1.82) is 0 Å². The second-order valence-electron chi connectivity index (χ2n) is 5.99. The van der Waals surface area contributed by atoms with E-state index in [2.05, 4.69) is 22.0 Å². The smallest absolute Gasteiger partial charge is 0.266 e. The van der Waals surface area contributed by atoms with Gasteiger partial charge in [-0.2, -0.15) is 0 Å². The molecule has 120 valence electrons. The van der Waals surface area contributed by atoms with E-state index in [1.165, 1.54) is 25.3 Å². The van der Waals surface area contributed by atoms with Crippen molar-refractivity contribution in [3.63, 3.8) is 0 Å². The summed E-state index contributed by atoms with van der Waals surface area (Å²) in [7, 11) is -3.62. The van der Waals surface area contributed by atoms with Gasteiger partial charge < -0.3 is 5.32 Å². The van der Waals surface area contributed by atoms with Crippen molar-refractivity contribution in [1.82, 2.24) is 4.72 Å². The van der Waals surface area contributed by atoms with E-state index in [4.69, 9.17) is 11.6 Å². The molecule has 0 spiro atoms. The standard InChI is InChI=1S/C15H20ClN3O2S/c1-10(11-5-3-2-4-6-11)17-15-18-13-8-7-12(16)9-14(13)22(20,21)19-15/h7-11H,2-6H2,1H3,(H2,17,18,19). The minimum absolute atomic E-state index is 0.0966. The van der Waals surface area contributed by atoms with Crippen molar-refractivity contribution < 1.29 is 8.42 Å². The number of benzene rings is 1. The zero-order valence-electron chi connectivity index (χ0n) is 12.5.